The Kier molecular flexibility index (Phi) is 29.0. The van der Waals surface area contributed by atoms with Crippen molar-refractivity contribution in [2.75, 3.05) is 13.2 Å². The number of hydrogen-bond donors (Lipinski definition) is 6. The molecule has 30 heavy (non-hydrogen) atoms. The Labute approximate surface area is 177 Å². The molecule has 6 N–H and O–H groups in total. The maximum absolute atomic E-state index is 9.90. The zero-order valence-electron chi connectivity index (χ0n) is 17.6. The SMILES string of the molecule is O=C(O)CCCCC(=O)O.O=C(O)CCCCC(=O)O.OCCCCCCCCO. The molecule has 0 rings (SSSR count). The lowest BCUT2D eigenvalue weighted by atomic mass is 10.1. The molecule has 0 aromatic carbocycles. The Bertz CT molecular complexity index is 365. The average molecular weight is 439 g/mol. The summed E-state index contributed by atoms with van der Waals surface area (Å²) in [6.45, 7) is 0.639. The molecule has 0 saturated carbocycles. The van der Waals surface area contributed by atoms with Gasteiger partial charge in [0.15, 0.2) is 0 Å². The van der Waals surface area contributed by atoms with Gasteiger partial charge in [-0.3, -0.25) is 19.2 Å². The van der Waals surface area contributed by atoms with E-state index in [-0.39, 0.29) is 25.7 Å². The van der Waals surface area contributed by atoms with Crippen molar-refractivity contribution in [2.45, 2.75) is 89.9 Å². The summed E-state index contributed by atoms with van der Waals surface area (Å²) in [5.41, 5.74) is 0. The first-order chi connectivity index (χ1) is 14.2. The van der Waals surface area contributed by atoms with E-state index in [1.807, 2.05) is 0 Å². The van der Waals surface area contributed by atoms with Crippen molar-refractivity contribution in [3.63, 3.8) is 0 Å². The van der Waals surface area contributed by atoms with Crippen molar-refractivity contribution in [1.82, 2.24) is 0 Å². The maximum atomic E-state index is 9.90. The third-order valence-electron chi connectivity index (χ3n) is 3.63. The number of carbonyl (C=O) groups is 4. The maximum Gasteiger partial charge on any atom is 0.303 e. The van der Waals surface area contributed by atoms with Gasteiger partial charge in [0.2, 0.25) is 0 Å². The molecule has 10 heteroatoms. The highest BCUT2D eigenvalue weighted by molar-refractivity contribution is 5.68. The van der Waals surface area contributed by atoms with Crippen LogP contribution in [0.5, 0.6) is 0 Å². The van der Waals surface area contributed by atoms with Crippen LogP contribution < -0.4 is 0 Å². The lowest BCUT2D eigenvalue weighted by Gasteiger charge is -1.97. The number of rotatable bonds is 17. The summed E-state index contributed by atoms with van der Waals surface area (Å²) in [7, 11) is 0. The lowest BCUT2D eigenvalue weighted by molar-refractivity contribution is -0.139. The van der Waals surface area contributed by atoms with E-state index in [2.05, 4.69) is 0 Å². The van der Waals surface area contributed by atoms with Gasteiger partial charge in [-0.2, -0.15) is 0 Å². The van der Waals surface area contributed by atoms with Crippen LogP contribution in [0.3, 0.4) is 0 Å². The van der Waals surface area contributed by atoms with Gasteiger partial charge < -0.3 is 30.6 Å². The third kappa shape index (κ3) is 44.9. The molecule has 0 heterocycles. The molecule has 178 valence electrons. The number of hydrogen-bond acceptors (Lipinski definition) is 6. The summed E-state index contributed by atoms with van der Waals surface area (Å²) in [5, 5.41) is 49.4. The number of carboxylic acid groups (broad SMARTS) is 4. The monoisotopic (exact) mass is 438 g/mol. The fourth-order valence-corrected chi connectivity index (χ4v) is 2.04. The number of aliphatic carboxylic acids is 4. The van der Waals surface area contributed by atoms with Crippen molar-refractivity contribution < 1.29 is 49.8 Å². The first kappa shape index (κ1) is 32.5. The summed E-state index contributed by atoms with van der Waals surface area (Å²) in [6.07, 6.45) is 8.54. The molecule has 0 bridgehead atoms. The number of unbranched alkanes of at least 4 members (excludes halogenated alkanes) is 7. The quantitative estimate of drug-likeness (QED) is 0.184. The molecule has 0 radical (unpaired) electrons. The van der Waals surface area contributed by atoms with E-state index in [4.69, 9.17) is 30.6 Å². The van der Waals surface area contributed by atoms with Gasteiger partial charge in [0, 0.05) is 38.9 Å². The molecule has 0 saturated heterocycles. The molecule has 0 aromatic rings. The largest absolute Gasteiger partial charge is 0.481 e. The van der Waals surface area contributed by atoms with Gasteiger partial charge in [-0.25, -0.2) is 0 Å². The van der Waals surface area contributed by atoms with Crippen LogP contribution in [0, 0.1) is 0 Å². The minimum Gasteiger partial charge on any atom is -0.481 e. The van der Waals surface area contributed by atoms with Crippen molar-refractivity contribution in [3.05, 3.63) is 0 Å². The van der Waals surface area contributed by atoms with Crippen molar-refractivity contribution in [3.8, 4) is 0 Å². The molecule has 0 aromatic heterocycles. The minimum atomic E-state index is -0.870. The van der Waals surface area contributed by atoms with Crippen LogP contribution in [0.2, 0.25) is 0 Å². The summed E-state index contributed by atoms with van der Waals surface area (Å²) in [4.78, 5) is 39.6. The number of aliphatic hydroxyl groups excluding tert-OH is 2. The van der Waals surface area contributed by atoms with Crippen LogP contribution in [-0.2, 0) is 19.2 Å². The summed E-state index contributed by atoms with van der Waals surface area (Å²) in [5.74, 6) is -3.48. The van der Waals surface area contributed by atoms with E-state index in [1.54, 1.807) is 0 Å². The van der Waals surface area contributed by atoms with Gasteiger partial charge in [0.25, 0.3) is 0 Å². The zero-order valence-corrected chi connectivity index (χ0v) is 17.6. The zero-order chi connectivity index (χ0) is 23.6. The normalized spacial score (nSPS) is 9.53. The third-order valence-corrected chi connectivity index (χ3v) is 3.63. The van der Waals surface area contributed by atoms with Crippen LogP contribution in [0.25, 0.3) is 0 Å². The van der Waals surface area contributed by atoms with Gasteiger partial charge in [-0.05, 0) is 38.5 Å². The highest BCUT2D eigenvalue weighted by atomic mass is 16.4. The Balaban J connectivity index is -0.000000364. The second kappa shape index (κ2) is 26.8. The van der Waals surface area contributed by atoms with E-state index in [1.165, 1.54) is 12.8 Å². The summed E-state index contributed by atoms with van der Waals surface area (Å²) < 4.78 is 0. The molecule has 0 amide bonds. The smallest absolute Gasteiger partial charge is 0.303 e. The van der Waals surface area contributed by atoms with Gasteiger partial charge in [0.1, 0.15) is 0 Å². The fourth-order valence-electron chi connectivity index (χ4n) is 2.04. The van der Waals surface area contributed by atoms with E-state index in [0.29, 0.717) is 38.9 Å². The van der Waals surface area contributed by atoms with Crippen molar-refractivity contribution in [1.29, 1.82) is 0 Å². The minimum absolute atomic E-state index is 0.0628. The Morgan fingerprint density at radius 1 is 0.367 bits per heavy atom. The van der Waals surface area contributed by atoms with Gasteiger partial charge >= 0.3 is 23.9 Å². The van der Waals surface area contributed by atoms with E-state index in [9.17, 15) is 19.2 Å². The molecular weight excluding hydrogens is 400 g/mol. The molecule has 10 nitrogen and oxygen atoms in total. The topological polar surface area (TPSA) is 190 Å². The van der Waals surface area contributed by atoms with E-state index < -0.39 is 23.9 Å². The second-order valence-corrected chi connectivity index (χ2v) is 6.56. The molecule has 0 aliphatic heterocycles. The average Bonchev–Trinajstić information content (AvgIpc) is 2.66. The summed E-state index contributed by atoms with van der Waals surface area (Å²) >= 11 is 0. The molecule has 0 fully saturated rings. The first-order valence-electron chi connectivity index (χ1n) is 10.3. The molecule has 0 aliphatic rings. The van der Waals surface area contributed by atoms with Gasteiger partial charge in [0.05, 0.1) is 0 Å². The lowest BCUT2D eigenvalue weighted by Crippen LogP contribution is -1.97. The number of aliphatic hydroxyl groups is 2. The predicted molar refractivity (Wildman–Crippen MR) is 109 cm³/mol. The van der Waals surface area contributed by atoms with Crippen LogP contribution in [0.4, 0.5) is 0 Å². The molecule has 0 spiro atoms. The van der Waals surface area contributed by atoms with E-state index >= 15 is 0 Å². The molecular formula is C20H38O10. The molecule has 0 aliphatic carbocycles. The van der Waals surface area contributed by atoms with Gasteiger partial charge in [-0.15, -0.1) is 0 Å². The first-order valence-corrected chi connectivity index (χ1v) is 10.3. The Morgan fingerprint density at radius 3 is 0.733 bits per heavy atom. The standard InChI is InChI=1S/C8H18O2.2C6H10O4/c9-7-5-3-1-2-4-6-8-10;2*7-5(8)3-1-2-4-6(9)10/h9-10H,1-8H2;2*1-4H2,(H,7,8)(H,9,10). The molecule has 0 atom stereocenters. The van der Waals surface area contributed by atoms with Crippen LogP contribution >= 0.6 is 0 Å². The Hall–Kier alpha value is -2.20. The van der Waals surface area contributed by atoms with Crippen molar-refractivity contribution in [2.24, 2.45) is 0 Å². The fraction of sp³-hybridized carbons (Fsp3) is 0.800. The Morgan fingerprint density at radius 2 is 0.567 bits per heavy atom. The van der Waals surface area contributed by atoms with Gasteiger partial charge in [-0.1, -0.05) is 25.7 Å². The van der Waals surface area contributed by atoms with Crippen LogP contribution in [0.15, 0.2) is 0 Å². The summed E-state index contributed by atoms with van der Waals surface area (Å²) in [6, 6.07) is 0. The van der Waals surface area contributed by atoms with Crippen LogP contribution in [0.1, 0.15) is 89.9 Å². The highest BCUT2D eigenvalue weighted by Crippen LogP contribution is 2.04. The highest BCUT2D eigenvalue weighted by Gasteiger charge is 1.99. The second-order valence-electron chi connectivity index (χ2n) is 6.56. The predicted octanol–water partition coefficient (Wildman–Crippen LogP) is 2.74. The van der Waals surface area contributed by atoms with Crippen LogP contribution in [-0.4, -0.2) is 67.7 Å². The van der Waals surface area contributed by atoms with Crippen molar-refractivity contribution >= 4 is 23.9 Å². The van der Waals surface area contributed by atoms with E-state index in [0.717, 1.165) is 25.7 Å². The molecule has 0 unspecified atom stereocenters. The number of carboxylic acids is 4.